The molecular formula is C29H24BrN3O3. The van der Waals surface area contributed by atoms with E-state index >= 15 is 0 Å². The monoisotopic (exact) mass is 541 g/mol. The number of para-hydroxylation sites is 1. The van der Waals surface area contributed by atoms with Crippen LogP contribution in [0.15, 0.2) is 111 Å². The molecule has 0 aliphatic rings. The number of aromatic nitrogens is 2. The number of hydrogen-bond donors (Lipinski definition) is 0. The molecule has 5 rings (SSSR count). The van der Waals surface area contributed by atoms with Gasteiger partial charge < -0.3 is 9.32 Å². The number of fused-ring (bicyclic) bond motifs is 1. The summed E-state index contributed by atoms with van der Waals surface area (Å²) >= 11 is 3.47. The zero-order chi connectivity index (χ0) is 25.1. The van der Waals surface area contributed by atoms with E-state index < -0.39 is 6.04 Å². The van der Waals surface area contributed by atoms with Crippen molar-refractivity contribution >= 4 is 32.7 Å². The molecule has 3 aromatic carbocycles. The van der Waals surface area contributed by atoms with Crippen molar-refractivity contribution in [2.24, 2.45) is 0 Å². The summed E-state index contributed by atoms with van der Waals surface area (Å²) in [5.74, 6) is 0.475. The SMILES string of the molecule is CCC(c1nc2ccccc2c(=O)n1-c1ccc(Br)cc1)N(Cc1ccccc1)C(=O)c1ccco1. The number of amides is 1. The summed E-state index contributed by atoms with van der Waals surface area (Å²) in [6, 6.07) is 27.4. The molecule has 5 aromatic rings. The van der Waals surface area contributed by atoms with Crippen molar-refractivity contribution in [1.29, 1.82) is 0 Å². The third-order valence-electron chi connectivity index (χ3n) is 6.14. The van der Waals surface area contributed by atoms with E-state index in [9.17, 15) is 9.59 Å². The third kappa shape index (κ3) is 4.62. The van der Waals surface area contributed by atoms with Crippen LogP contribution in [0.3, 0.4) is 0 Å². The van der Waals surface area contributed by atoms with E-state index in [1.165, 1.54) is 6.26 Å². The molecule has 1 unspecified atom stereocenters. The second-order valence-electron chi connectivity index (χ2n) is 8.42. The molecule has 0 aliphatic carbocycles. The first kappa shape index (κ1) is 23.8. The van der Waals surface area contributed by atoms with Gasteiger partial charge in [-0.1, -0.05) is 65.3 Å². The maximum Gasteiger partial charge on any atom is 0.290 e. The summed E-state index contributed by atoms with van der Waals surface area (Å²) in [7, 11) is 0. The lowest BCUT2D eigenvalue weighted by Crippen LogP contribution is -2.38. The minimum absolute atomic E-state index is 0.179. The van der Waals surface area contributed by atoms with Gasteiger partial charge in [-0.2, -0.15) is 0 Å². The summed E-state index contributed by atoms with van der Waals surface area (Å²) in [6.45, 7) is 2.33. The zero-order valence-electron chi connectivity index (χ0n) is 19.7. The van der Waals surface area contributed by atoms with Crippen molar-refractivity contribution in [2.45, 2.75) is 25.9 Å². The lowest BCUT2D eigenvalue weighted by Gasteiger charge is -2.32. The van der Waals surface area contributed by atoms with Crippen molar-refractivity contribution in [2.75, 3.05) is 0 Å². The zero-order valence-corrected chi connectivity index (χ0v) is 21.3. The van der Waals surface area contributed by atoms with Gasteiger partial charge in [-0.05, 0) is 60.5 Å². The molecule has 0 saturated carbocycles. The first-order chi connectivity index (χ1) is 17.6. The van der Waals surface area contributed by atoms with Gasteiger partial charge >= 0.3 is 0 Å². The van der Waals surface area contributed by atoms with Crippen molar-refractivity contribution in [1.82, 2.24) is 14.5 Å². The fraction of sp³-hybridized carbons (Fsp3) is 0.138. The van der Waals surface area contributed by atoms with E-state index in [4.69, 9.17) is 9.40 Å². The molecule has 0 radical (unpaired) electrons. The van der Waals surface area contributed by atoms with Crippen LogP contribution in [0.5, 0.6) is 0 Å². The number of benzene rings is 3. The molecule has 0 bridgehead atoms. The lowest BCUT2D eigenvalue weighted by atomic mass is 10.1. The molecule has 2 heterocycles. The fourth-order valence-electron chi connectivity index (χ4n) is 4.40. The fourth-order valence-corrected chi connectivity index (χ4v) is 4.67. The van der Waals surface area contributed by atoms with Crippen LogP contribution in [0.25, 0.3) is 16.6 Å². The number of carbonyl (C=O) groups is 1. The highest BCUT2D eigenvalue weighted by atomic mass is 79.9. The van der Waals surface area contributed by atoms with Crippen LogP contribution >= 0.6 is 15.9 Å². The Bertz CT molecular complexity index is 1550. The quantitative estimate of drug-likeness (QED) is 0.234. The Morgan fingerprint density at radius 2 is 1.69 bits per heavy atom. The highest BCUT2D eigenvalue weighted by molar-refractivity contribution is 9.10. The average molecular weight is 542 g/mol. The number of halogens is 1. The Morgan fingerprint density at radius 1 is 0.972 bits per heavy atom. The molecule has 6 nitrogen and oxygen atoms in total. The standard InChI is InChI=1S/C29H24BrN3O3/c1-2-25(32(19-20-9-4-3-5-10-20)29(35)26-13-8-18-36-26)27-31-24-12-7-6-11-23(24)28(34)33(27)22-16-14-21(30)15-17-22/h3-18,25H,2,19H2,1H3. The second kappa shape index (κ2) is 10.3. The van der Waals surface area contributed by atoms with Crippen LogP contribution in [0.2, 0.25) is 0 Å². The summed E-state index contributed by atoms with van der Waals surface area (Å²) in [5, 5.41) is 0.519. The topological polar surface area (TPSA) is 68.3 Å². The molecular weight excluding hydrogens is 518 g/mol. The van der Waals surface area contributed by atoms with Crippen molar-refractivity contribution in [3.63, 3.8) is 0 Å². The van der Waals surface area contributed by atoms with Crippen LogP contribution in [-0.4, -0.2) is 20.4 Å². The van der Waals surface area contributed by atoms with E-state index in [-0.39, 0.29) is 17.2 Å². The lowest BCUT2D eigenvalue weighted by molar-refractivity contribution is 0.0608. The summed E-state index contributed by atoms with van der Waals surface area (Å²) in [6.07, 6.45) is 2.03. The maximum absolute atomic E-state index is 13.8. The minimum atomic E-state index is -0.497. The summed E-state index contributed by atoms with van der Waals surface area (Å²) in [5.41, 5.74) is 2.06. The number of rotatable bonds is 7. The predicted molar refractivity (Wildman–Crippen MR) is 143 cm³/mol. The molecule has 0 spiro atoms. The number of furan rings is 1. The first-order valence-corrected chi connectivity index (χ1v) is 12.5. The van der Waals surface area contributed by atoms with Crippen LogP contribution in [0, 0.1) is 0 Å². The largest absolute Gasteiger partial charge is 0.459 e. The Kier molecular flexibility index (Phi) is 6.82. The molecule has 36 heavy (non-hydrogen) atoms. The Morgan fingerprint density at radius 3 is 2.39 bits per heavy atom. The maximum atomic E-state index is 13.8. The number of hydrogen-bond acceptors (Lipinski definition) is 4. The van der Waals surface area contributed by atoms with E-state index in [2.05, 4.69) is 15.9 Å². The van der Waals surface area contributed by atoms with Gasteiger partial charge in [0.25, 0.3) is 11.5 Å². The van der Waals surface area contributed by atoms with Gasteiger partial charge in [0.05, 0.1) is 28.9 Å². The van der Waals surface area contributed by atoms with Gasteiger partial charge in [-0.25, -0.2) is 4.98 Å². The van der Waals surface area contributed by atoms with Gasteiger partial charge in [-0.3, -0.25) is 14.2 Å². The van der Waals surface area contributed by atoms with Crippen LogP contribution in [0.1, 0.15) is 41.3 Å². The average Bonchev–Trinajstić information content (AvgIpc) is 3.45. The van der Waals surface area contributed by atoms with E-state index in [0.717, 1.165) is 10.0 Å². The van der Waals surface area contributed by atoms with Crippen LogP contribution in [0.4, 0.5) is 0 Å². The number of carbonyl (C=O) groups excluding carboxylic acids is 1. The van der Waals surface area contributed by atoms with E-state index in [0.29, 0.717) is 35.4 Å². The predicted octanol–water partition coefficient (Wildman–Crippen LogP) is 6.53. The van der Waals surface area contributed by atoms with Gasteiger partial charge in [0, 0.05) is 11.0 Å². The number of nitrogens with zero attached hydrogens (tertiary/aromatic N) is 3. The smallest absolute Gasteiger partial charge is 0.290 e. The van der Waals surface area contributed by atoms with Gasteiger partial charge in [0.1, 0.15) is 5.82 Å². The molecule has 0 aliphatic heterocycles. The van der Waals surface area contributed by atoms with E-state index in [1.54, 1.807) is 27.7 Å². The minimum Gasteiger partial charge on any atom is -0.459 e. The molecule has 1 amide bonds. The molecule has 7 heteroatoms. The van der Waals surface area contributed by atoms with Gasteiger partial charge in [0.15, 0.2) is 5.76 Å². The third-order valence-corrected chi connectivity index (χ3v) is 6.66. The molecule has 0 fully saturated rings. The van der Waals surface area contributed by atoms with Crippen LogP contribution in [-0.2, 0) is 6.54 Å². The highest BCUT2D eigenvalue weighted by Crippen LogP contribution is 2.29. The van der Waals surface area contributed by atoms with Gasteiger partial charge in [0.2, 0.25) is 0 Å². The molecule has 0 N–H and O–H groups in total. The molecule has 180 valence electrons. The Labute approximate surface area is 217 Å². The summed E-state index contributed by atoms with van der Waals surface area (Å²) < 4.78 is 8.01. The summed E-state index contributed by atoms with van der Waals surface area (Å²) in [4.78, 5) is 34.3. The van der Waals surface area contributed by atoms with Gasteiger partial charge in [-0.15, -0.1) is 0 Å². The Balaban J connectivity index is 1.73. The normalized spacial score (nSPS) is 11.9. The van der Waals surface area contributed by atoms with Crippen molar-refractivity contribution in [3.8, 4) is 5.69 Å². The first-order valence-electron chi connectivity index (χ1n) is 11.7. The van der Waals surface area contributed by atoms with Crippen molar-refractivity contribution < 1.29 is 9.21 Å². The molecule has 0 saturated heterocycles. The second-order valence-corrected chi connectivity index (χ2v) is 9.34. The Hall–Kier alpha value is -3.97. The highest BCUT2D eigenvalue weighted by Gasteiger charge is 2.31. The molecule has 2 aromatic heterocycles. The van der Waals surface area contributed by atoms with Crippen LogP contribution < -0.4 is 5.56 Å². The van der Waals surface area contributed by atoms with E-state index in [1.807, 2.05) is 79.7 Å². The van der Waals surface area contributed by atoms with Crippen molar-refractivity contribution in [3.05, 3.63) is 129 Å². The molecule has 1 atom stereocenters.